The van der Waals surface area contributed by atoms with Crippen LogP contribution in [0.4, 0.5) is 0 Å². The number of hydrogen-bond donors (Lipinski definition) is 0. The molecule has 0 atom stereocenters. The lowest BCUT2D eigenvalue weighted by Crippen LogP contribution is -1.90. The summed E-state index contributed by atoms with van der Waals surface area (Å²) in [5.41, 5.74) is 4.38. The van der Waals surface area contributed by atoms with Crippen molar-refractivity contribution in [1.82, 2.24) is 4.98 Å². The molecule has 0 aliphatic heterocycles. The van der Waals surface area contributed by atoms with Crippen molar-refractivity contribution >= 4 is 42.3 Å². The second-order valence-electron chi connectivity index (χ2n) is 7.33. The fourth-order valence-corrected chi connectivity index (χ4v) is 5.21. The average Bonchev–Trinajstić information content (AvgIpc) is 3.07. The number of pyridine rings is 1. The van der Waals surface area contributed by atoms with E-state index in [9.17, 15) is 0 Å². The van der Waals surface area contributed by atoms with Gasteiger partial charge in [-0.1, -0.05) is 62.4 Å². The van der Waals surface area contributed by atoms with Crippen LogP contribution in [0.2, 0.25) is 0 Å². The fourth-order valence-electron chi connectivity index (χ4n) is 3.86. The summed E-state index contributed by atoms with van der Waals surface area (Å²) in [5, 5.41) is 5.22. The van der Waals surface area contributed by atoms with E-state index in [1.165, 1.54) is 36.5 Å². The molecule has 2 heterocycles. The molecule has 1 nitrogen and oxygen atoms in total. The third-order valence-electron chi connectivity index (χ3n) is 5.35. The van der Waals surface area contributed by atoms with Crippen LogP contribution in [-0.4, -0.2) is 4.98 Å². The summed E-state index contributed by atoms with van der Waals surface area (Å²) >= 11 is 1.85. The van der Waals surface area contributed by atoms with Gasteiger partial charge < -0.3 is 0 Å². The van der Waals surface area contributed by atoms with Gasteiger partial charge >= 0.3 is 0 Å². The first-order chi connectivity index (χ1) is 13.4. The number of thiophene rings is 1. The molecule has 0 radical (unpaired) electrons. The Morgan fingerprint density at radius 1 is 0.852 bits per heavy atom. The molecule has 2 aromatic heterocycles. The summed E-state index contributed by atoms with van der Waals surface area (Å²) in [6.45, 7) is 6.01. The Morgan fingerprint density at radius 2 is 1.56 bits per heavy atom. The first-order valence-electron chi connectivity index (χ1n) is 9.74. The Kier molecular flexibility index (Phi) is 3.51. The maximum Gasteiger partial charge on any atom is 0.0719 e. The van der Waals surface area contributed by atoms with Crippen LogP contribution in [0.3, 0.4) is 0 Å². The highest BCUT2D eigenvalue weighted by Crippen LogP contribution is 2.42. The molecule has 0 aliphatic rings. The molecule has 2 heteroatoms. The number of nitrogens with zero attached hydrogens (tertiary/aromatic N) is 1. The van der Waals surface area contributed by atoms with Gasteiger partial charge in [-0.2, -0.15) is 0 Å². The monoisotopic (exact) mass is 368 g/mol. The molecule has 0 bridgehead atoms. The van der Waals surface area contributed by atoms with Crippen LogP contribution in [0.15, 0.2) is 66.9 Å². The second-order valence-corrected chi connectivity index (χ2v) is 8.35. The molecule has 0 fully saturated rings. The van der Waals surface area contributed by atoms with Crippen LogP contribution in [0.5, 0.6) is 0 Å². The lowest BCUT2D eigenvalue weighted by molar-refractivity contribution is 0.864. The molecular weight excluding hydrogens is 346 g/mol. The average molecular weight is 369 g/mol. The summed E-state index contributed by atoms with van der Waals surface area (Å²) in [6.07, 6.45) is 1.83. The van der Waals surface area contributed by atoms with Crippen molar-refractivity contribution in [2.45, 2.75) is 26.7 Å². The lowest BCUT2D eigenvalue weighted by Gasteiger charge is -2.08. The van der Waals surface area contributed by atoms with Gasteiger partial charge in [-0.05, 0) is 46.8 Å². The van der Waals surface area contributed by atoms with Crippen LogP contribution >= 0.6 is 11.3 Å². The van der Waals surface area contributed by atoms with Gasteiger partial charge in [0, 0.05) is 33.3 Å². The highest BCUT2D eigenvalue weighted by atomic mass is 32.1. The van der Waals surface area contributed by atoms with Gasteiger partial charge in [-0.25, -0.2) is 0 Å². The molecule has 0 saturated heterocycles. The van der Waals surface area contributed by atoms with Crippen LogP contribution in [0.25, 0.3) is 42.2 Å². The zero-order valence-corrected chi connectivity index (χ0v) is 16.5. The topological polar surface area (TPSA) is 12.9 Å². The Balaban J connectivity index is 1.83. The minimum atomic E-state index is -0.639. The third kappa shape index (κ3) is 2.55. The minimum absolute atomic E-state index is 0.639. The fraction of sp³-hybridized carbons (Fsp3) is 0.160. The first-order valence-corrected chi connectivity index (χ1v) is 10.1. The van der Waals surface area contributed by atoms with E-state index in [2.05, 4.69) is 66.5 Å². The summed E-state index contributed by atoms with van der Waals surface area (Å²) in [5.74, 6) is -0.639. The molecule has 27 heavy (non-hydrogen) atoms. The Hall–Kier alpha value is -2.71. The maximum absolute atomic E-state index is 8.37. The summed E-state index contributed by atoms with van der Waals surface area (Å²) in [6, 6.07) is 21.5. The zero-order chi connectivity index (χ0) is 19.5. The zero-order valence-electron chi connectivity index (χ0n) is 16.7. The van der Waals surface area contributed by atoms with Crippen LogP contribution in [0, 0.1) is 6.92 Å². The van der Waals surface area contributed by atoms with Gasteiger partial charge in [0.15, 0.2) is 0 Å². The number of hydrogen-bond acceptors (Lipinski definition) is 2. The molecule has 5 aromatic rings. The van der Waals surface area contributed by atoms with Crippen LogP contribution in [0.1, 0.15) is 32.2 Å². The summed E-state index contributed by atoms with van der Waals surface area (Å²) in [4.78, 5) is 4.64. The highest BCUT2D eigenvalue weighted by Gasteiger charge is 2.14. The first kappa shape index (κ1) is 15.4. The Bertz CT molecular complexity index is 1360. The number of aromatic nitrogens is 1. The van der Waals surface area contributed by atoms with Gasteiger partial charge in [0.1, 0.15) is 0 Å². The maximum atomic E-state index is 8.37. The molecule has 0 amide bonds. The van der Waals surface area contributed by atoms with E-state index in [-0.39, 0.29) is 0 Å². The van der Waals surface area contributed by atoms with E-state index < -0.39 is 5.89 Å². The van der Waals surface area contributed by atoms with Crippen molar-refractivity contribution in [3.8, 4) is 11.3 Å². The van der Waals surface area contributed by atoms with Crippen molar-refractivity contribution in [2.24, 2.45) is 0 Å². The van der Waals surface area contributed by atoms with E-state index in [1.807, 2.05) is 37.4 Å². The molecule has 3 aromatic carbocycles. The molecule has 5 rings (SSSR count). The van der Waals surface area contributed by atoms with Crippen molar-refractivity contribution in [1.29, 1.82) is 0 Å². The van der Waals surface area contributed by atoms with Crippen molar-refractivity contribution in [3.63, 3.8) is 0 Å². The highest BCUT2D eigenvalue weighted by molar-refractivity contribution is 7.27. The van der Waals surface area contributed by atoms with E-state index in [1.54, 1.807) is 0 Å². The SMILES string of the molecule is [2H]C(C)(C)c1ccnc(-c2cccc3c2sc2c4cccc(C)c4ccc32)c1. The third-order valence-corrected chi connectivity index (χ3v) is 6.64. The lowest BCUT2D eigenvalue weighted by atomic mass is 9.99. The quantitative estimate of drug-likeness (QED) is 0.311. The second kappa shape index (κ2) is 6.17. The number of aryl methyl sites for hydroxylation is 1. The molecular formula is C25H21NS. The normalized spacial score (nSPS) is 12.8. The van der Waals surface area contributed by atoms with Gasteiger partial charge in [-0.3, -0.25) is 4.98 Å². The number of benzene rings is 3. The molecule has 0 unspecified atom stereocenters. The predicted octanol–water partition coefficient (Wildman–Crippen LogP) is 7.70. The van der Waals surface area contributed by atoms with E-state index >= 15 is 0 Å². The minimum Gasteiger partial charge on any atom is -0.256 e. The van der Waals surface area contributed by atoms with Gasteiger partial charge in [0.25, 0.3) is 0 Å². The standard InChI is InChI=1S/C25H21NS/c1-15(2)17-12-13-26-23(14-17)22-9-5-8-20-21-11-10-18-16(3)6-4-7-19(18)24(21)27-25(20)22/h4-15H,1-3H3/i15D. The number of fused-ring (bicyclic) bond motifs is 5. The Labute approximate surface area is 164 Å². The van der Waals surface area contributed by atoms with Crippen molar-refractivity contribution in [2.75, 3.05) is 0 Å². The van der Waals surface area contributed by atoms with Crippen molar-refractivity contribution < 1.29 is 1.37 Å². The Morgan fingerprint density at radius 3 is 2.37 bits per heavy atom. The van der Waals surface area contributed by atoms with Gasteiger partial charge in [0.05, 0.1) is 5.69 Å². The molecule has 132 valence electrons. The largest absolute Gasteiger partial charge is 0.256 e. The summed E-state index contributed by atoms with van der Waals surface area (Å²) in [7, 11) is 0. The van der Waals surface area contributed by atoms with E-state index in [0.717, 1.165) is 16.8 Å². The molecule has 0 saturated carbocycles. The van der Waals surface area contributed by atoms with E-state index in [4.69, 9.17) is 1.37 Å². The smallest absolute Gasteiger partial charge is 0.0719 e. The molecule has 0 N–H and O–H groups in total. The van der Waals surface area contributed by atoms with Gasteiger partial charge in [-0.15, -0.1) is 11.3 Å². The van der Waals surface area contributed by atoms with Crippen molar-refractivity contribution in [3.05, 3.63) is 78.0 Å². The van der Waals surface area contributed by atoms with E-state index in [0.29, 0.717) is 0 Å². The molecule has 0 spiro atoms. The van der Waals surface area contributed by atoms with Crippen LogP contribution in [-0.2, 0) is 0 Å². The summed E-state index contributed by atoms with van der Waals surface area (Å²) < 4.78 is 11.0. The van der Waals surface area contributed by atoms with Gasteiger partial charge in [0.2, 0.25) is 0 Å². The van der Waals surface area contributed by atoms with Crippen LogP contribution < -0.4 is 0 Å². The molecule has 0 aliphatic carbocycles. The number of rotatable bonds is 2. The predicted molar refractivity (Wildman–Crippen MR) is 119 cm³/mol.